The Morgan fingerprint density at radius 2 is 2.29 bits per heavy atom. The predicted octanol–water partition coefficient (Wildman–Crippen LogP) is 0.885. The smallest absolute Gasteiger partial charge is 0.231 e. The second-order valence-corrected chi connectivity index (χ2v) is 4.79. The molecular weight excluding hydrogens is 272 g/mol. The fraction of sp³-hybridized carbons (Fsp3) is 0.429. The highest BCUT2D eigenvalue weighted by Gasteiger charge is 2.19. The Balaban J connectivity index is 1.56. The van der Waals surface area contributed by atoms with Crippen LogP contribution in [0.25, 0.3) is 0 Å². The van der Waals surface area contributed by atoms with Crippen LogP contribution in [-0.4, -0.2) is 35.2 Å². The molecule has 0 spiro atoms. The minimum Gasteiger partial charge on any atom is -0.493 e. The number of fused-ring (bicyclic) bond motifs is 1. The molecule has 0 aliphatic carbocycles. The van der Waals surface area contributed by atoms with Crippen molar-refractivity contribution in [2.45, 2.75) is 13.0 Å². The molecule has 3 rings (SSSR count). The van der Waals surface area contributed by atoms with Gasteiger partial charge in [-0.1, -0.05) is 0 Å². The van der Waals surface area contributed by atoms with Gasteiger partial charge in [0.05, 0.1) is 7.11 Å². The van der Waals surface area contributed by atoms with Crippen LogP contribution in [0, 0.1) is 0 Å². The lowest BCUT2D eigenvalue weighted by atomic mass is 10.2. The van der Waals surface area contributed by atoms with Gasteiger partial charge in [-0.3, -0.25) is 4.68 Å². The molecule has 0 amide bonds. The Hall–Kier alpha value is -2.28. The molecule has 1 aromatic heterocycles. The van der Waals surface area contributed by atoms with E-state index >= 15 is 0 Å². The molecule has 112 valence electrons. The van der Waals surface area contributed by atoms with Crippen LogP contribution < -0.4 is 19.5 Å². The van der Waals surface area contributed by atoms with Crippen molar-refractivity contribution in [3.05, 3.63) is 29.8 Å². The van der Waals surface area contributed by atoms with Crippen molar-refractivity contribution in [3.8, 4) is 17.2 Å². The SMILES string of the molecule is COc1cc(CNCCc2ncn(C)n2)cc2c1OCO2. The molecule has 0 unspecified atom stereocenters. The number of aromatic nitrogens is 3. The van der Waals surface area contributed by atoms with E-state index in [1.54, 1.807) is 18.1 Å². The topological polar surface area (TPSA) is 70.4 Å². The zero-order valence-corrected chi connectivity index (χ0v) is 12.1. The summed E-state index contributed by atoms with van der Waals surface area (Å²) >= 11 is 0. The molecule has 0 saturated heterocycles. The molecular formula is C14H18N4O3. The summed E-state index contributed by atoms with van der Waals surface area (Å²) in [5.74, 6) is 2.96. The average molecular weight is 290 g/mol. The first-order valence-corrected chi connectivity index (χ1v) is 6.78. The highest BCUT2D eigenvalue weighted by molar-refractivity contribution is 5.55. The van der Waals surface area contributed by atoms with Gasteiger partial charge in [0, 0.05) is 26.6 Å². The molecule has 0 fully saturated rings. The summed E-state index contributed by atoms with van der Waals surface area (Å²) in [6.45, 7) is 1.77. The van der Waals surface area contributed by atoms with Crippen LogP contribution in [0.1, 0.15) is 11.4 Å². The highest BCUT2D eigenvalue weighted by atomic mass is 16.7. The average Bonchev–Trinajstić information content (AvgIpc) is 3.11. The maximum Gasteiger partial charge on any atom is 0.231 e. The Bertz CT molecular complexity index is 627. The number of nitrogens with zero attached hydrogens (tertiary/aromatic N) is 3. The van der Waals surface area contributed by atoms with E-state index in [4.69, 9.17) is 14.2 Å². The van der Waals surface area contributed by atoms with E-state index in [0.717, 1.165) is 36.6 Å². The number of methoxy groups -OCH3 is 1. The first-order valence-electron chi connectivity index (χ1n) is 6.78. The summed E-state index contributed by atoms with van der Waals surface area (Å²) in [4.78, 5) is 4.19. The minimum absolute atomic E-state index is 0.244. The van der Waals surface area contributed by atoms with Gasteiger partial charge in [-0.2, -0.15) is 5.10 Å². The van der Waals surface area contributed by atoms with Crippen LogP contribution in [0.4, 0.5) is 0 Å². The van der Waals surface area contributed by atoms with Crippen LogP contribution in [-0.2, 0) is 20.0 Å². The third kappa shape index (κ3) is 3.08. The van der Waals surface area contributed by atoms with Gasteiger partial charge < -0.3 is 19.5 Å². The van der Waals surface area contributed by atoms with Gasteiger partial charge in [0.25, 0.3) is 0 Å². The lowest BCUT2D eigenvalue weighted by molar-refractivity contribution is 0.171. The van der Waals surface area contributed by atoms with E-state index in [1.807, 2.05) is 19.2 Å². The van der Waals surface area contributed by atoms with Gasteiger partial charge in [0.1, 0.15) is 6.33 Å². The van der Waals surface area contributed by atoms with Gasteiger partial charge in [-0.25, -0.2) is 4.98 Å². The summed E-state index contributed by atoms with van der Waals surface area (Å²) in [6.07, 6.45) is 2.50. The number of ether oxygens (including phenoxy) is 3. The Morgan fingerprint density at radius 3 is 3.05 bits per heavy atom. The zero-order chi connectivity index (χ0) is 14.7. The van der Waals surface area contributed by atoms with Crippen molar-refractivity contribution < 1.29 is 14.2 Å². The van der Waals surface area contributed by atoms with Gasteiger partial charge in [-0.15, -0.1) is 0 Å². The van der Waals surface area contributed by atoms with E-state index in [0.29, 0.717) is 11.5 Å². The summed E-state index contributed by atoms with van der Waals surface area (Å²) in [7, 11) is 3.49. The van der Waals surface area contributed by atoms with Gasteiger partial charge in [-0.05, 0) is 17.7 Å². The fourth-order valence-electron chi connectivity index (χ4n) is 2.22. The monoisotopic (exact) mass is 290 g/mol. The van der Waals surface area contributed by atoms with Crippen molar-refractivity contribution in [2.75, 3.05) is 20.4 Å². The van der Waals surface area contributed by atoms with Crippen molar-refractivity contribution in [1.29, 1.82) is 0 Å². The summed E-state index contributed by atoms with van der Waals surface area (Å²) in [6, 6.07) is 3.93. The number of rotatable bonds is 6. The normalized spacial score (nSPS) is 12.7. The number of benzene rings is 1. The lowest BCUT2D eigenvalue weighted by Gasteiger charge is -2.09. The number of nitrogens with one attached hydrogen (secondary N) is 1. The molecule has 1 aliphatic rings. The molecule has 0 bridgehead atoms. The standard InChI is InChI=1S/C14H18N4O3/c1-18-8-16-13(17-18)3-4-15-7-10-5-11(19-2)14-12(6-10)20-9-21-14/h5-6,8,15H,3-4,7,9H2,1-2H3. The predicted molar refractivity (Wildman–Crippen MR) is 75.5 cm³/mol. The molecule has 0 radical (unpaired) electrons. The first-order chi connectivity index (χ1) is 10.3. The van der Waals surface area contributed by atoms with Crippen LogP contribution in [0.5, 0.6) is 17.2 Å². The molecule has 2 heterocycles. The van der Waals surface area contributed by atoms with E-state index < -0.39 is 0 Å². The molecule has 2 aromatic rings. The van der Waals surface area contributed by atoms with Crippen molar-refractivity contribution >= 4 is 0 Å². The second-order valence-electron chi connectivity index (χ2n) is 4.79. The fourth-order valence-corrected chi connectivity index (χ4v) is 2.22. The van der Waals surface area contributed by atoms with E-state index in [1.165, 1.54) is 0 Å². The largest absolute Gasteiger partial charge is 0.493 e. The summed E-state index contributed by atoms with van der Waals surface area (Å²) < 4.78 is 17.8. The van der Waals surface area contributed by atoms with Gasteiger partial charge in [0.2, 0.25) is 12.5 Å². The molecule has 7 heteroatoms. The van der Waals surface area contributed by atoms with E-state index in [2.05, 4.69) is 15.4 Å². The van der Waals surface area contributed by atoms with Crippen LogP contribution in [0.3, 0.4) is 0 Å². The second kappa shape index (κ2) is 6.01. The van der Waals surface area contributed by atoms with Crippen molar-refractivity contribution in [3.63, 3.8) is 0 Å². The molecule has 7 nitrogen and oxygen atoms in total. The number of hydrogen-bond donors (Lipinski definition) is 1. The van der Waals surface area contributed by atoms with Crippen LogP contribution >= 0.6 is 0 Å². The van der Waals surface area contributed by atoms with Gasteiger partial charge >= 0.3 is 0 Å². The van der Waals surface area contributed by atoms with Gasteiger partial charge in [0.15, 0.2) is 17.3 Å². The quantitative estimate of drug-likeness (QED) is 0.797. The van der Waals surface area contributed by atoms with Crippen molar-refractivity contribution in [2.24, 2.45) is 7.05 Å². The van der Waals surface area contributed by atoms with E-state index in [9.17, 15) is 0 Å². The maximum absolute atomic E-state index is 5.41. The summed E-state index contributed by atoms with van der Waals surface area (Å²) in [5.41, 5.74) is 1.09. The molecule has 21 heavy (non-hydrogen) atoms. The Labute approximate surface area is 122 Å². The summed E-state index contributed by atoms with van der Waals surface area (Å²) in [5, 5.41) is 7.60. The number of hydrogen-bond acceptors (Lipinski definition) is 6. The molecule has 0 saturated carbocycles. The molecule has 0 atom stereocenters. The zero-order valence-electron chi connectivity index (χ0n) is 12.1. The Morgan fingerprint density at radius 1 is 1.38 bits per heavy atom. The van der Waals surface area contributed by atoms with Crippen molar-refractivity contribution in [1.82, 2.24) is 20.1 Å². The third-order valence-corrected chi connectivity index (χ3v) is 3.22. The third-order valence-electron chi connectivity index (χ3n) is 3.22. The molecule has 1 aliphatic heterocycles. The molecule has 1 aromatic carbocycles. The Kier molecular flexibility index (Phi) is 3.92. The number of aryl methyl sites for hydroxylation is 1. The van der Waals surface area contributed by atoms with Crippen LogP contribution in [0.15, 0.2) is 18.5 Å². The molecule has 1 N–H and O–H groups in total. The van der Waals surface area contributed by atoms with E-state index in [-0.39, 0.29) is 6.79 Å². The van der Waals surface area contributed by atoms with Crippen LogP contribution in [0.2, 0.25) is 0 Å². The maximum atomic E-state index is 5.41. The lowest BCUT2D eigenvalue weighted by Crippen LogP contribution is -2.17. The minimum atomic E-state index is 0.244. The highest BCUT2D eigenvalue weighted by Crippen LogP contribution is 2.41. The first kappa shape index (κ1) is 13.7.